The normalized spacial score (nSPS) is 21.7. The van der Waals surface area contributed by atoms with Gasteiger partial charge >= 0.3 is 0 Å². The largest absolute Gasteiger partial charge is 0.293 e. The molecule has 0 N–H and O–H groups in total. The van der Waals surface area contributed by atoms with Gasteiger partial charge in [0, 0.05) is 34.1 Å². The summed E-state index contributed by atoms with van der Waals surface area (Å²) in [5.74, 6) is -1.97. The van der Waals surface area contributed by atoms with Crippen molar-refractivity contribution in [2.45, 2.75) is 23.7 Å². The van der Waals surface area contributed by atoms with Gasteiger partial charge in [-0.05, 0) is 66.8 Å². The number of carbonyl (C=O) groups excluding carboxylic acids is 4. The average molecular weight is 1010 g/mol. The number of ketones is 4. The highest BCUT2D eigenvalue weighted by atomic mass is 16.1. The van der Waals surface area contributed by atoms with Crippen molar-refractivity contribution in [2.75, 3.05) is 0 Å². The van der Waals surface area contributed by atoms with Crippen LogP contribution in [-0.4, -0.2) is 23.1 Å². The maximum atomic E-state index is 15.1. The van der Waals surface area contributed by atoms with E-state index in [1.165, 1.54) is 0 Å². The highest BCUT2D eigenvalue weighted by Crippen LogP contribution is 2.72. The minimum absolute atomic E-state index is 0.0167. The third-order valence-corrected chi connectivity index (χ3v) is 16.8. The standard InChI is InChI=1S/2C37H26O2/c2*38-35(26-16-6-2-7-17-26)34-31-23-13-12-22-30(31)33-29-21-11-10-20-28(29)32(24-25-14-4-1-5-15-25)37(33,34)36(39)27-18-8-3-9-19-27/h2*1-24,33-34H/b2*32-24+/t2*33-,34-,37+/m10/s1. The Labute approximate surface area is 454 Å². The Morgan fingerprint density at radius 3 is 0.859 bits per heavy atom. The molecule has 4 nitrogen and oxygen atoms in total. The first-order valence-corrected chi connectivity index (χ1v) is 26.7. The Bertz CT molecular complexity index is 3730. The lowest BCUT2D eigenvalue weighted by atomic mass is 9.61. The fourth-order valence-electron chi connectivity index (χ4n) is 13.8. The summed E-state index contributed by atoms with van der Waals surface area (Å²) < 4.78 is 0. The highest BCUT2D eigenvalue weighted by molar-refractivity contribution is 6.22. The lowest BCUT2D eigenvalue weighted by Crippen LogP contribution is -2.40. The number of hydrogen-bond donors (Lipinski definition) is 0. The van der Waals surface area contributed by atoms with Crippen molar-refractivity contribution in [1.29, 1.82) is 0 Å². The molecule has 0 radical (unpaired) electrons. The molecule has 4 heteroatoms. The second-order valence-corrected chi connectivity index (χ2v) is 20.7. The molecule has 0 aromatic heterocycles. The summed E-state index contributed by atoms with van der Waals surface area (Å²) >= 11 is 0. The average Bonchev–Trinajstić information content (AvgIpc) is 4.39. The smallest absolute Gasteiger partial charge is 0.175 e. The molecule has 0 unspecified atom stereocenters. The third-order valence-electron chi connectivity index (χ3n) is 16.8. The summed E-state index contributed by atoms with van der Waals surface area (Å²) in [5.41, 5.74) is 12.3. The first-order chi connectivity index (χ1) is 38.4. The van der Waals surface area contributed by atoms with Crippen LogP contribution in [0.15, 0.2) is 279 Å². The molecule has 0 saturated carbocycles. The molecule has 0 spiro atoms. The van der Waals surface area contributed by atoms with Gasteiger partial charge in [-0.15, -0.1) is 0 Å². The summed E-state index contributed by atoms with van der Waals surface area (Å²) in [6.07, 6.45) is 4.27. The summed E-state index contributed by atoms with van der Waals surface area (Å²) in [6.45, 7) is 0. The maximum absolute atomic E-state index is 15.1. The molecule has 0 bridgehead atoms. The Morgan fingerprint density at radius 2 is 0.526 bits per heavy atom. The van der Waals surface area contributed by atoms with Gasteiger partial charge in [0.2, 0.25) is 0 Å². The van der Waals surface area contributed by atoms with Crippen LogP contribution in [0, 0.1) is 10.8 Å². The molecular weight excluding hydrogens is 953 g/mol. The van der Waals surface area contributed by atoms with Gasteiger partial charge in [0.15, 0.2) is 23.1 Å². The van der Waals surface area contributed by atoms with Crippen LogP contribution in [0.1, 0.15) is 121 Å². The lowest BCUT2D eigenvalue weighted by Gasteiger charge is -2.36. The third kappa shape index (κ3) is 7.50. The highest BCUT2D eigenvalue weighted by Gasteiger charge is 2.68. The van der Waals surface area contributed by atoms with Gasteiger partial charge in [-0.1, -0.05) is 291 Å². The number of rotatable bonds is 10. The molecule has 14 rings (SSSR count). The van der Waals surface area contributed by atoms with Gasteiger partial charge in [0.05, 0.1) is 22.7 Å². The van der Waals surface area contributed by atoms with Crippen molar-refractivity contribution >= 4 is 46.4 Å². The van der Waals surface area contributed by atoms with Crippen LogP contribution in [0.2, 0.25) is 0 Å². The zero-order valence-corrected chi connectivity index (χ0v) is 42.7. The molecule has 4 aliphatic rings. The minimum Gasteiger partial charge on any atom is -0.293 e. The van der Waals surface area contributed by atoms with E-state index in [0.29, 0.717) is 22.3 Å². The van der Waals surface area contributed by atoms with E-state index in [4.69, 9.17) is 0 Å². The predicted octanol–water partition coefficient (Wildman–Crippen LogP) is 16.4. The second kappa shape index (κ2) is 19.8. The Kier molecular flexibility index (Phi) is 12.2. The maximum Gasteiger partial charge on any atom is 0.175 e. The zero-order chi connectivity index (χ0) is 52.8. The number of benzene rings is 10. The van der Waals surface area contributed by atoms with Gasteiger partial charge < -0.3 is 0 Å². The van der Waals surface area contributed by atoms with Crippen LogP contribution in [0.25, 0.3) is 23.3 Å². The number of allylic oxidation sites excluding steroid dienone is 2. The van der Waals surface area contributed by atoms with Gasteiger partial charge in [-0.2, -0.15) is 0 Å². The molecule has 372 valence electrons. The molecule has 4 aliphatic carbocycles. The van der Waals surface area contributed by atoms with Crippen molar-refractivity contribution in [3.8, 4) is 0 Å². The molecule has 78 heavy (non-hydrogen) atoms. The molecule has 10 aromatic carbocycles. The summed E-state index contributed by atoms with van der Waals surface area (Å²) in [7, 11) is 0. The topological polar surface area (TPSA) is 68.3 Å². The monoisotopic (exact) mass is 1000 g/mol. The van der Waals surface area contributed by atoms with Crippen molar-refractivity contribution in [1.82, 2.24) is 0 Å². The molecule has 6 atom stereocenters. The van der Waals surface area contributed by atoms with E-state index >= 15 is 9.59 Å². The Morgan fingerprint density at radius 1 is 0.269 bits per heavy atom. The minimum atomic E-state index is -1.13. The van der Waals surface area contributed by atoms with Crippen molar-refractivity contribution in [3.63, 3.8) is 0 Å². The summed E-state index contributed by atoms with van der Waals surface area (Å²) in [5, 5.41) is 0. The fourth-order valence-corrected chi connectivity index (χ4v) is 13.8. The van der Waals surface area contributed by atoms with E-state index in [1.54, 1.807) is 0 Å². The van der Waals surface area contributed by atoms with E-state index in [1.807, 2.05) is 218 Å². The number of fused-ring (bicyclic) bond motifs is 10. The van der Waals surface area contributed by atoms with Crippen molar-refractivity contribution in [2.24, 2.45) is 10.8 Å². The lowest BCUT2D eigenvalue weighted by molar-refractivity contribution is 0.0760. The number of hydrogen-bond acceptors (Lipinski definition) is 4. The number of carbonyl (C=O) groups is 4. The van der Waals surface area contributed by atoms with Gasteiger partial charge in [-0.3, -0.25) is 19.2 Å². The zero-order valence-electron chi connectivity index (χ0n) is 42.7. The molecule has 0 heterocycles. The second-order valence-electron chi connectivity index (χ2n) is 20.7. The van der Waals surface area contributed by atoms with E-state index < -0.39 is 22.7 Å². The molecule has 0 amide bonds. The quantitative estimate of drug-likeness (QED) is 0.128. The molecule has 0 saturated heterocycles. The van der Waals surface area contributed by atoms with Crippen LogP contribution in [-0.2, 0) is 0 Å². The molecular formula is C74H52O4. The van der Waals surface area contributed by atoms with Crippen LogP contribution >= 0.6 is 0 Å². The first kappa shape index (κ1) is 48.0. The van der Waals surface area contributed by atoms with E-state index in [0.717, 1.165) is 66.8 Å². The predicted molar refractivity (Wildman–Crippen MR) is 312 cm³/mol. The van der Waals surface area contributed by atoms with E-state index in [9.17, 15) is 9.59 Å². The van der Waals surface area contributed by atoms with Crippen molar-refractivity contribution in [3.05, 3.63) is 357 Å². The van der Waals surface area contributed by atoms with Crippen LogP contribution < -0.4 is 0 Å². The Hall–Kier alpha value is -9.64. The SMILES string of the molecule is O=C(c1ccccc1)[C@@H]1c2ccccc2[C@@H]2c3ccccc3/C(=C\c3ccccc3)[C@@]21C(=O)c1ccccc1.O=C(c1ccccc1)[C@H]1c2ccccc2[C@H]2c3ccccc3/C(=C\c3ccccc3)[C@]21C(=O)c1ccccc1. The van der Waals surface area contributed by atoms with Gasteiger partial charge in [0.1, 0.15) is 0 Å². The molecule has 0 fully saturated rings. The Balaban J connectivity index is 0.000000148. The molecule has 10 aromatic rings. The van der Waals surface area contributed by atoms with Crippen LogP contribution in [0.4, 0.5) is 0 Å². The van der Waals surface area contributed by atoms with Gasteiger partial charge in [0.25, 0.3) is 0 Å². The van der Waals surface area contributed by atoms with Crippen molar-refractivity contribution < 1.29 is 19.2 Å². The van der Waals surface area contributed by atoms with Crippen LogP contribution in [0.5, 0.6) is 0 Å². The molecule has 0 aliphatic heterocycles. The summed E-state index contributed by atoms with van der Waals surface area (Å²) in [6, 6.07) is 91.0. The van der Waals surface area contributed by atoms with Crippen LogP contribution in [0.3, 0.4) is 0 Å². The van der Waals surface area contributed by atoms with Gasteiger partial charge in [-0.25, -0.2) is 0 Å². The fraction of sp³-hybridized carbons (Fsp3) is 0.0811. The first-order valence-electron chi connectivity index (χ1n) is 26.7. The van der Waals surface area contributed by atoms with E-state index in [-0.39, 0.29) is 35.0 Å². The van der Waals surface area contributed by atoms with E-state index in [2.05, 4.69) is 72.8 Å². The summed E-state index contributed by atoms with van der Waals surface area (Å²) in [4.78, 5) is 59.6. The number of Topliss-reactive ketones (excluding diaryl/α,β-unsaturated/α-hetero) is 4.